The Hall–Kier alpha value is -2.97. The van der Waals surface area contributed by atoms with E-state index in [0.717, 1.165) is 5.56 Å². The van der Waals surface area contributed by atoms with Crippen LogP contribution in [0.25, 0.3) is 6.08 Å². The average molecular weight is 427 g/mol. The second-order valence-corrected chi connectivity index (χ2v) is 7.70. The summed E-state index contributed by atoms with van der Waals surface area (Å²) in [5.74, 6) is -1.10. The highest BCUT2D eigenvalue weighted by molar-refractivity contribution is 8.26. The van der Waals surface area contributed by atoms with E-state index < -0.39 is 5.97 Å². The smallest absolute Gasteiger partial charge is 0.338 e. The molecule has 0 spiro atoms. The molecule has 2 aromatic carbocycles. The molecule has 0 atom stereocenters. The molecule has 1 aliphatic heterocycles. The number of esters is 1. The first-order chi connectivity index (χ1) is 14.0. The van der Waals surface area contributed by atoms with Crippen LogP contribution < -0.4 is 5.32 Å². The summed E-state index contributed by atoms with van der Waals surface area (Å²) in [6.45, 7) is 1.84. The van der Waals surface area contributed by atoms with Crippen molar-refractivity contribution in [3.05, 3.63) is 70.6 Å². The summed E-state index contributed by atoms with van der Waals surface area (Å²) in [7, 11) is 0. The molecule has 6 nitrogen and oxygen atoms in total. The molecule has 1 N–H and O–H groups in total. The maximum absolute atomic E-state index is 12.6. The molecule has 1 heterocycles. The lowest BCUT2D eigenvalue weighted by atomic mass is 10.2. The Balaban J connectivity index is 1.62. The van der Waals surface area contributed by atoms with Gasteiger partial charge in [0.2, 0.25) is 5.91 Å². The first kappa shape index (κ1) is 20.8. The van der Waals surface area contributed by atoms with E-state index in [4.69, 9.17) is 17.0 Å². The highest BCUT2D eigenvalue weighted by atomic mass is 32.2. The maximum Gasteiger partial charge on any atom is 0.338 e. The van der Waals surface area contributed by atoms with Crippen molar-refractivity contribution in [2.45, 2.75) is 6.92 Å². The number of hydrogen-bond donors (Lipinski definition) is 1. The minimum atomic E-state index is -0.423. The van der Waals surface area contributed by atoms with Crippen molar-refractivity contribution < 1.29 is 19.1 Å². The molecular weight excluding hydrogens is 408 g/mol. The van der Waals surface area contributed by atoms with Crippen molar-refractivity contribution in [1.82, 2.24) is 4.90 Å². The molecule has 148 valence electrons. The highest BCUT2D eigenvalue weighted by Crippen LogP contribution is 2.32. The minimum absolute atomic E-state index is 0.184. The average Bonchev–Trinajstić information content (AvgIpc) is 2.97. The quantitative estimate of drug-likeness (QED) is 0.431. The fraction of sp³-hybridized carbons (Fsp3) is 0.143. The number of thiocarbonyl (C=S) groups is 1. The zero-order valence-corrected chi connectivity index (χ0v) is 17.2. The van der Waals surface area contributed by atoms with Crippen molar-refractivity contribution in [3.8, 4) is 0 Å². The Morgan fingerprint density at radius 1 is 1.14 bits per heavy atom. The summed E-state index contributed by atoms with van der Waals surface area (Å²) < 4.78 is 5.26. The lowest BCUT2D eigenvalue weighted by Gasteiger charge is -2.14. The van der Waals surface area contributed by atoms with Gasteiger partial charge in [-0.3, -0.25) is 14.5 Å². The van der Waals surface area contributed by atoms with Crippen LogP contribution in [0.4, 0.5) is 5.69 Å². The highest BCUT2D eigenvalue weighted by Gasteiger charge is 2.33. The molecular formula is C21H18N2O4S2. The van der Waals surface area contributed by atoms with E-state index >= 15 is 0 Å². The van der Waals surface area contributed by atoms with Gasteiger partial charge in [-0.1, -0.05) is 54.3 Å². The van der Waals surface area contributed by atoms with Gasteiger partial charge in [0.25, 0.3) is 5.91 Å². The standard InChI is InChI=1S/C21H18N2O4S2/c1-2-27-20(26)15-8-10-16(11-9-15)22-18(24)13-23-19(25)17(29-21(23)28)12-14-6-4-3-5-7-14/h3-12H,2,13H2,1H3,(H,22,24)/b17-12-. The van der Waals surface area contributed by atoms with E-state index in [0.29, 0.717) is 27.1 Å². The fourth-order valence-corrected chi connectivity index (χ4v) is 3.84. The molecule has 1 saturated heterocycles. The first-order valence-electron chi connectivity index (χ1n) is 8.85. The lowest BCUT2D eigenvalue weighted by Crippen LogP contribution is -2.36. The number of hydrogen-bond acceptors (Lipinski definition) is 6. The molecule has 1 fully saturated rings. The van der Waals surface area contributed by atoms with Gasteiger partial charge in [0.05, 0.1) is 17.1 Å². The second-order valence-electron chi connectivity index (χ2n) is 6.02. The fourth-order valence-electron chi connectivity index (χ4n) is 2.59. The van der Waals surface area contributed by atoms with Crippen LogP contribution in [0.1, 0.15) is 22.8 Å². The van der Waals surface area contributed by atoms with Gasteiger partial charge >= 0.3 is 5.97 Å². The third kappa shape index (κ3) is 5.30. The van der Waals surface area contributed by atoms with Gasteiger partial charge in [-0.2, -0.15) is 0 Å². The summed E-state index contributed by atoms with van der Waals surface area (Å²) >= 11 is 6.43. The number of nitrogens with one attached hydrogen (secondary N) is 1. The number of nitrogens with zero attached hydrogens (tertiary/aromatic N) is 1. The molecule has 0 aromatic heterocycles. The van der Waals surface area contributed by atoms with Gasteiger partial charge in [-0.05, 0) is 42.8 Å². The number of ether oxygens (including phenoxy) is 1. The normalized spacial score (nSPS) is 14.9. The number of rotatable bonds is 6. The van der Waals surface area contributed by atoms with Crippen molar-refractivity contribution in [2.24, 2.45) is 0 Å². The molecule has 0 radical (unpaired) electrons. The van der Waals surface area contributed by atoms with Crippen LogP contribution in [-0.4, -0.2) is 40.2 Å². The summed E-state index contributed by atoms with van der Waals surface area (Å²) in [6, 6.07) is 15.8. The number of amides is 2. The topological polar surface area (TPSA) is 75.7 Å². The minimum Gasteiger partial charge on any atom is -0.462 e. The van der Waals surface area contributed by atoms with Gasteiger partial charge < -0.3 is 10.1 Å². The van der Waals surface area contributed by atoms with Crippen LogP contribution in [0, 0.1) is 0 Å². The Morgan fingerprint density at radius 2 is 1.83 bits per heavy atom. The predicted octanol–water partition coefficient (Wildman–Crippen LogP) is 3.70. The Morgan fingerprint density at radius 3 is 2.48 bits per heavy atom. The zero-order chi connectivity index (χ0) is 20.8. The van der Waals surface area contributed by atoms with E-state index in [1.54, 1.807) is 37.3 Å². The lowest BCUT2D eigenvalue weighted by molar-refractivity contribution is -0.126. The molecule has 0 saturated carbocycles. The molecule has 3 rings (SSSR count). The van der Waals surface area contributed by atoms with Crippen LogP contribution in [0.15, 0.2) is 59.5 Å². The van der Waals surface area contributed by atoms with Gasteiger partial charge in [0, 0.05) is 5.69 Å². The second kappa shape index (κ2) is 9.49. The van der Waals surface area contributed by atoms with Crippen LogP contribution in [0.2, 0.25) is 0 Å². The third-order valence-electron chi connectivity index (χ3n) is 3.95. The maximum atomic E-state index is 12.6. The van der Waals surface area contributed by atoms with Crippen molar-refractivity contribution in [3.63, 3.8) is 0 Å². The van der Waals surface area contributed by atoms with E-state index in [-0.39, 0.29) is 18.4 Å². The number of benzene rings is 2. The Bertz CT molecular complexity index is 972. The largest absolute Gasteiger partial charge is 0.462 e. The van der Waals surface area contributed by atoms with Crippen LogP contribution in [-0.2, 0) is 14.3 Å². The number of anilines is 1. The zero-order valence-electron chi connectivity index (χ0n) is 15.6. The SMILES string of the molecule is CCOC(=O)c1ccc(NC(=O)CN2C(=O)/C(=C/c3ccccc3)SC2=S)cc1. The summed E-state index contributed by atoms with van der Waals surface area (Å²) in [5.41, 5.74) is 1.79. The van der Waals surface area contributed by atoms with Gasteiger partial charge in [-0.15, -0.1) is 0 Å². The van der Waals surface area contributed by atoms with Gasteiger partial charge in [0.15, 0.2) is 0 Å². The molecule has 0 bridgehead atoms. The van der Waals surface area contributed by atoms with E-state index in [1.807, 2.05) is 30.3 Å². The summed E-state index contributed by atoms with van der Waals surface area (Å²) in [6.07, 6.45) is 1.76. The van der Waals surface area contributed by atoms with E-state index in [9.17, 15) is 14.4 Å². The molecule has 2 amide bonds. The van der Waals surface area contributed by atoms with Crippen molar-refractivity contribution in [2.75, 3.05) is 18.5 Å². The monoisotopic (exact) mass is 426 g/mol. The molecule has 29 heavy (non-hydrogen) atoms. The third-order valence-corrected chi connectivity index (χ3v) is 5.33. The van der Waals surface area contributed by atoms with E-state index in [2.05, 4.69) is 5.32 Å². The van der Waals surface area contributed by atoms with Crippen LogP contribution >= 0.6 is 24.0 Å². The van der Waals surface area contributed by atoms with Crippen molar-refractivity contribution >= 4 is 57.8 Å². The molecule has 1 aliphatic rings. The number of carbonyl (C=O) groups is 3. The predicted molar refractivity (Wildman–Crippen MR) is 117 cm³/mol. The molecule has 2 aromatic rings. The summed E-state index contributed by atoms with van der Waals surface area (Å²) in [4.78, 5) is 38.4. The van der Waals surface area contributed by atoms with E-state index in [1.165, 1.54) is 16.7 Å². The van der Waals surface area contributed by atoms with Crippen molar-refractivity contribution in [1.29, 1.82) is 0 Å². The Kier molecular flexibility index (Phi) is 6.79. The Labute approximate surface area is 177 Å². The molecule has 8 heteroatoms. The summed E-state index contributed by atoms with van der Waals surface area (Å²) in [5, 5.41) is 2.70. The molecule has 0 unspecified atom stereocenters. The van der Waals surface area contributed by atoms with Crippen LogP contribution in [0.5, 0.6) is 0 Å². The van der Waals surface area contributed by atoms with Gasteiger partial charge in [0.1, 0.15) is 10.9 Å². The molecule has 0 aliphatic carbocycles. The first-order valence-corrected chi connectivity index (χ1v) is 10.1. The van der Waals surface area contributed by atoms with Crippen LogP contribution in [0.3, 0.4) is 0 Å². The number of carbonyl (C=O) groups excluding carboxylic acids is 3. The van der Waals surface area contributed by atoms with Gasteiger partial charge in [-0.25, -0.2) is 4.79 Å². The number of thioether (sulfide) groups is 1.